The molecule has 2 aromatic rings. The number of amidine groups is 1. The molecule has 13 heteroatoms. The van der Waals surface area contributed by atoms with E-state index in [1.807, 2.05) is 23.6 Å². The highest BCUT2D eigenvalue weighted by Gasteiger charge is 2.55. The molecular weight excluding hydrogens is 666 g/mol. The third-order valence-electron chi connectivity index (χ3n) is 10.2. The maximum Gasteiger partial charge on any atom is 0.416 e. The Labute approximate surface area is 286 Å². The fourth-order valence-corrected chi connectivity index (χ4v) is 9.02. The number of hydrogen-bond acceptors (Lipinski definition) is 6. The summed E-state index contributed by atoms with van der Waals surface area (Å²) in [5.41, 5.74) is 0.261. The van der Waals surface area contributed by atoms with Crippen LogP contribution in [0.3, 0.4) is 0 Å². The number of rotatable bonds is 5. The largest absolute Gasteiger partial charge is 0.416 e. The van der Waals surface area contributed by atoms with Gasteiger partial charge in [-0.05, 0) is 85.7 Å². The third-order valence-corrected chi connectivity index (χ3v) is 11.6. The van der Waals surface area contributed by atoms with Crippen molar-refractivity contribution in [2.45, 2.75) is 75.8 Å². The first-order chi connectivity index (χ1) is 22.6. The van der Waals surface area contributed by atoms with E-state index in [4.69, 9.17) is 16.6 Å². The van der Waals surface area contributed by atoms with Crippen molar-refractivity contribution in [1.29, 1.82) is 0 Å². The number of nitrogens with one attached hydrogen (secondary N) is 1. The van der Waals surface area contributed by atoms with E-state index in [2.05, 4.69) is 11.9 Å². The molecule has 0 aromatic heterocycles. The maximum atomic E-state index is 15.0. The highest BCUT2D eigenvalue weighted by Crippen LogP contribution is 2.57. The first-order valence-corrected chi connectivity index (χ1v) is 17.3. The van der Waals surface area contributed by atoms with Crippen molar-refractivity contribution in [1.82, 2.24) is 20.0 Å². The van der Waals surface area contributed by atoms with Gasteiger partial charge in [0.15, 0.2) is 5.17 Å². The average molecular weight is 702 g/mol. The molecular formula is C35H36ClF4N5O2S. The van der Waals surface area contributed by atoms with E-state index >= 15 is 4.39 Å². The van der Waals surface area contributed by atoms with Crippen LogP contribution < -0.4 is 5.32 Å². The summed E-state index contributed by atoms with van der Waals surface area (Å²) in [6.07, 6.45) is -1.46. The van der Waals surface area contributed by atoms with Crippen LogP contribution in [0.15, 0.2) is 70.3 Å². The lowest BCUT2D eigenvalue weighted by atomic mass is 9.80. The number of fused-ring (bicyclic) bond motifs is 1. The van der Waals surface area contributed by atoms with Crippen molar-refractivity contribution in [2.24, 2.45) is 10.9 Å². The van der Waals surface area contributed by atoms with E-state index in [0.29, 0.717) is 65.1 Å². The van der Waals surface area contributed by atoms with Gasteiger partial charge in [0.1, 0.15) is 22.3 Å². The minimum Gasteiger partial charge on any atom is -0.338 e. The zero-order valence-corrected chi connectivity index (χ0v) is 28.4. The molecule has 1 N–H and O–H groups in total. The van der Waals surface area contributed by atoms with Crippen LogP contribution in [0.4, 0.5) is 17.6 Å². The Morgan fingerprint density at radius 2 is 1.85 bits per heavy atom. The lowest BCUT2D eigenvalue weighted by molar-refractivity contribution is -0.141. The molecule has 2 saturated heterocycles. The Morgan fingerprint density at radius 1 is 1.15 bits per heavy atom. The van der Waals surface area contributed by atoms with E-state index in [1.54, 1.807) is 17.9 Å². The third kappa shape index (κ3) is 5.44. The van der Waals surface area contributed by atoms with Crippen LogP contribution in [0.1, 0.15) is 69.2 Å². The van der Waals surface area contributed by atoms with Crippen molar-refractivity contribution < 1.29 is 27.2 Å². The first-order valence-electron chi connectivity index (χ1n) is 16.1. The lowest BCUT2D eigenvalue weighted by Gasteiger charge is -2.38. The smallest absolute Gasteiger partial charge is 0.338 e. The second-order valence-corrected chi connectivity index (χ2v) is 15.2. The molecule has 5 aliphatic rings. The highest BCUT2D eigenvalue weighted by molar-refractivity contribution is 8.18. The van der Waals surface area contributed by atoms with Gasteiger partial charge < -0.3 is 15.1 Å². The molecule has 4 heterocycles. The summed E-state index contributed by atoms with van der Waals surface area (Å²) in [5.74, 6) is -1.28. The molecule has 3 fully saturated rings. The number of piperazine rings is 1. The van der Waals surface area contributed by atoms with E-state index in [9.17, 15) is 22.8 Å². The van der Waals surface area contributed by atoms with Crippen LogP contribution in [0, 0.1) is 11.7 Å². The van der Waals surface area contributed by atoms with Gasteiger partial charge in [-0.1, -0.05) is 50.2 Å². The van der Waals surface area contributed by atoms with Crippen LogP contribution >= 0.6 is 23.4 Å². The number of likely N-dealkylation sites (tertiary alicyclic amines) is 1. The quantitative estimate of drug-likeness (QED) is 0.334. The number of benzene rings is 2. The zero-order chi connectivity index (χ0) is 34.3. The van der Waals surface area contributed by atoms with Crippen molar-refractivity contribution in [3.8, 4) is 0 Å². The van der Waals surface area contributed by atoms with Crippen molar-refractivity contribution in [3.63, 3.8) is 0 Å². The molecule has 1 spiro atoms. The summed E-state index contributed by atoms with van der Waals surface area (Å²) in [7, 11) is 0. The minimum absolute atomic E-state index is 0.00819. The number of carbonyl (C=O) groups excluding carboxylic acids is 2. The molecule has 3 atom stereocenters. The Kier molecular flexibility index (Phi) is 8.03. The number of halogens is 5. The van der Waals surface area contributed by atoms with Gasteiger partial charge in [-0.15, -0.1) is 0 Å². The molecule has 2 amide bonds. The van der Waals surface area contributed by atoms with Crippen molar-refractivity contribution >= 4 is 40.3 Å². The summed E-state index contributed by atoms with van der Waals surface area (Å²) in [6, 6.07) is 7.88. The van der Waals surface area contributed by atoms with Crippen LogP contribution in [0.5, 0.6) is 0 Å². The predicted molar refractivity (Wildman–Crippen MR) is 177 cm³/mol. The normalized spacial score (nSPS) is 26.6. The molecule has 2 unspecified atom stereocenters. The first kappa shape index (κ1) is 33.2. The Hall–Kier alpha value is -3.35. The molecule has 2 aromatic carbocycles. The predicted octanol–water partition coefficient (Wildman–Crippen LogP) is 7.21. The van der Waals surface area contributed by atoms with E-state index in [1.165, 1.54) is 36.0 Å². The molecule has 254 valence electrons. The number of nitrogens with zero attached hydrogens (tertiary/aromatic N) is 4. The number of thioether (sulfide) groups is 1. The van der Waals surface area contributed by atoms with Crippen molar-refractivity contribution in [3.05, 3.63) is 92.9 Å². The van der Waals surface area contributed by atoms with Gasteiger partial charge >= 0.3 is 6.18 Å². The fourth-order valence-electron chi connectivity index (χ4n) is 7.55. The number of carbonyl (C=O) groups is 2. The van der Waals surface area contributed by atoms with Gasteiger partial charge in [0.25, 0.3) is 5.91 Å². The van der Waals surface area contributed by atoms with Gasteiger partial charge in [0.05, 0.1) is 16.6 Å². The van der Waals surface area contributed by atoms with Gasteiger partial charge in [-0.25, -0.2) is 9.38 Å². The molecule has 48 heavy (non-hydrogen) atoms. The Bertz CT molecular complexity index is 1770. The van der Waals surface area contributed by atoms with Crippen LogP contribution in [0.2, 0.25) is 5.02 Å². The molecule has 1 aliphatic carbocycles. The fraction of sp³-hybridized carbons (Fsp3) is 0.457. The summed E-state index contributed by atoms with van der Waals surface area (Å²) in [6.45, 7) is 11.8. The molecule has 7 nitrogen and oxygen atoms in total. The monoisotopic (exact) mass is 701 g/mol. The second-order valence-electron chi connectivity index (χ2n) is 13.8. The molecule has 4 aliphatic heterocycles. The number of allylic oxidation sites excluding steroid dienone is 2. The topological polar surface area (TPSA) is 68.2 Å². The van der Waals surface area contributed by atoms with E-state index in [0.717, 1.165) is 25.0 Å². The number of hydrogen-bond donors (Lipinski definition) is 1. The molecule has 1 saturated carbocycles. The lowest BCUT2D eigenvalue weighted by Crippen LogP contribution is -2.58. The molecule has 7 rings (SSSR count). The maximum absolute atomic E-state index is 15.0. The van der Waals surface area contributed by atoms with E-state index in [-0.39, 0.29) is 28.3 Å². The highest BCUT2D eigenvalue weighted by atomic mass is 35.5. The van der Waals surface area contributed by atoms with Gasteiger partial charge in [-0.3, -0.25) is 14.5 Å². The van der Waals surface area contributed by atoms with Crippen LogP contribution in [-0.4, -0.2) is 62.9 Å². The summed E-state index contributed by atoms with van der Waals surface area (Å²) in [5, 5.41) is 3.92. The van der Waals surface area contributed by atoms with E-state index < -0.39 is 35.2 Å². The van der Waals surface area contributed by atoms with Crippen LogP contribution in [-0.2, 0) is 21.3 Å². The Morgan fingerprint density at radius 3 is 2.48 bits per heavy atom. The molecule has 0 bridgehead atoms. The van der Waals surface area contributed by atoms with Crippen molar-refractivity contribution in [2.75, 3.05) is 19.6 Å². The number of amides is 2. The standard InChI is InChI=1S/C35H36ClF4N5O2S/c1-19(2)27-28(31(47)44-20(3)5-12-26(44)30(46)43-16-15-41-34(18-43)13-14-34)48-32-42-33(4,22-7-9-23(10-8-22)35(38,39)40)29(45(27)32)21-6-11-24(36)25(37)17-21/h6-11,17,19,26,29,41H,3,5,12-16,18H2,1-2,4H3/t26?,29?,33-/m0/s1. The summed E-state index contributed by atoms with van der Waals surface area (Å²) < 4.78 is 55.4. The summed E-state index contributed by atoms with van der Waals surface area (Å²) >= 11 is 7.23. The number of aliphatic imine (C=N–C) groups is 1. The van der Waals surface area contributed by atoms with Gasteiger partial charge in [0.2, 0.25) is 5.91 Å². The van der Waals surface area contributed by atoms with Gasteiger partial charge in [-0.2, -0.15) is 13.2 Å². The number of alkyl halides is 3. The Balaban J connectivity index is 1.27. The average Bonchev–Trinajstić information content (AvgIpc) is 3.36. The summed E-state index contributed by atoms with van der Waals surface area (Å²) in [4.78, 5) is 39.3. The minimum atomic E-state index is -4.51. The SMILES string of the molecule is C=C1CCC(C(=O)N2CCNC3(CC3)C2)N1C(=O)C1=C(C(C)C)N2C(=N[C@@](C)(c3ccc(C(F)(F)F)cc3)C2c2ccc(Cl)c(F)c2)S1. The second kappa shape index (κ2) is 11.6. The van der Waals surface area contributed by atoms with Gasteiger partial charge in [0, 0.05) is 36.6 Å². The van der Waals surface area contributed by atoms with Crippen LogP contribution in [0.25, 0.3) is 0 Å². The zero-order valence-electron chi connectivity index (χ0n) is 26.8. The molecule has 0 radical (unpaired) electrons.